The van der Waals surface area contributed by atoms with Crippen LogP contribution in [0.1, 0.15) is 25.3 Å². The Morgan fingerprint density at radius 1 is 1.43 bits per heavy atom. The average Bonchev–Trinajstić information content (AvgIpc) is 2.15. The van der Waals surface area contributed by atoms with Gasteiger partial charge >= 0.3 is 5.97 Å². The third-order valence-electron chi connectivity index (χ3n) is 2.51. The molecular formula is C11H13ClO2. The molecule has 0 spiro atoms. The molecule has 0 saturated carbocycles. The van der Waals surface area contributed by atoms with Gasteiger partial charge in [0.2, 0.25) is 0 Å². The molecule has 0 aromatic heterocycles. The number of aliphatic carboxylic acids is 1. The molecule has 0 bridgehead atoms. The number of benzene rings is 1. The summed E-state index contributed by atoms with van der Waals surface area (Å²) in [5.74, 6) is -1.20. The van der Waals surface area contributed by atoms with Gasteiger partial charge in [-0.2, -0.15) is 0 Å². The van der Waals surface area contributed by atoms with Gasteiger partial charge in [-0.05, 0) is 23.6 Å². The van der Waals surface area contributed by atoms with E-state index in [4.69, 9.17) is 16.7 Å². The number of carboxylic acids is 1. The van der Waals surface area contributed by atoms with Crippen molar-refractivity contribution in [1.82, 2.24) is 0 Å². The fourth-order valence-corrected chi connectivity index (χ4v) is 1.49. The molecular weight excluding hydrogens is 200 g/mol. The highest BCUT2D eigenvalue weighted by Gasteiger charge is 2.20. The molecule has 2 atom stereocenters. The number of hydrogen-bond acceptors (Lipinski definition) is 1. The Bertz CT molecular complexity index is 336. The van der Waals surface area contributed by atoms with Gasteiger partial charge in [0.1, 0.15) is 0 Å². The molecule has 14 heavy (non-hydrogen) atoms. The summed E-state index contributed by atoms with van der Waals surface area (Å²) < 4.78 is 0. The first kappa shape index (κ1) is 11.1. The Balaban J connectivity index is 2.89. The van der Waals surface area contributed by atoms with E-state index >= 15 is 0 Å². The molecule has 1 aromatic carbocycles. The monoisotopic (exact) mass is 212 g/mol. The van der Waals surface area contributed by atoms with Crippen LogP contribution in [0.4, 0.5) is 0 Å². The van der Waals surface area contributed by atoms with E-state index in [1.807, 2.05) is 25.1 Å². The van der Waals surface area contributed by atoms with Crippen molar-refractivity contribution >= 4 is 17.6 Å². The largest absolute Gasteiger partial charge is 0.481 e. The topological polar surface area (TPSA) is 37.3 Å². The lowest BCUT2D eigenvalue weighted by Crippen LogP contribution is -2.16. The van der Waals surface area contributed by atoms with Gasteiger partial charge in [-0.3, -0.25) is 4.79 Å². The van der Waals surface area contributed by atoms with Crippen molar-refractivity contribution in [2.45, 2.75) is 19.8 Å². The van der Waals surface area contributed by atoms with E-state index in [2.05, 4.69) is 0 Å². The Morgan fingerprint density at radius 3 is 2.57 bits per heavy atom. The Hall–Kier alpha value is -1.02. The molecule has 1 aromatic rings. The lowest BCUT2D eigenvalue weighted by Gasteiger charge is -2.16. The number of halogens is 1. The quantitative estimate of drug-likeness (QED) is 0.836. The Labute approximate surface area is 88.5 Å². The van der Waals surface area contributed by atoms with Crippen molar-refractivity contribution in [2.24, 2.45) is 5.92 Å². The molecule has 1 N–H and O–H groups in total. The molecule has 0 aliphatic rings. The van der Waals surface area contributed by atoms with Gasteiger partial charge in [0.15, 0.2) is 0 Å². The molecule has 0 heterocycles. The van der Waals surface area contributed by atoms with Crippen LogP contribution in [0.15, 0.2) is 24.3 Å². The molecule has 2 nitrogen and oxygen atoms in total. The summed E-state index contributed by atoms with van der Waals surface area (Å²) in [4.78, 5) is 10.8. The molecule has 0 aliphatic heterocycles. The highest BCUT2D eigenvalue weighted by atomic mass is 35.5. The van der Waals surface area contributed by atoms with Crippen LogP contribution in [0.3, 0.4) is 0 Å². The summed E-state index contributed by atoms with van der Waals surface area (Å²) in [6.07, 6.45) is 0. The van der Waals surface area contributed by atoms with Gasteiger partial charge in [-0.1, -0.05) is 37.6 Å². The highest BCUT2D eigenvalue weighted by Crippen LogP contribution is 2.26. The first-order valence-corrected chi connectivity index (χ1v) is 4.88. The summed E-state index contributed by atoms with van der Waals surface area (Å²) in [7, 11) is 0. The Kier molecular flexibility index (Phi) is 3.53. The summed E-state index contributed by atoms with van der Waals surface area (Å²) >= 11 is 5.83. The standard InChI is InChI=1S/C11H13ClO2/c1-7(8(2)11(13)14)9-4-3-5-10(12)6-9/h3-8H,1-2H3,(H,13,14)/t7-,8+/m0/s1. The third kappa shape index (κ3) is 2.48. The third-order valence-corrected chi connectivity index (χ3v) is 2.75. The maximum atomic E-state index is 10.8. The van der Waals surface area contributed by atoms with Gasteiger partial charge in [-0.25, -0.2) is 0 Å². The predicted octanol–water partition coefficient (Wildman–Crippen LogP) is 3.16. The normalized spacial score (nSPS) is 14.8. The van der Waals surface area contributed by atoms with Crippen LogP contribution in [0.2, 0.25) is 5.02 Å². The van der Waals surface area contributed by atoms with Crippen LogP contribution in [0, 0.1) is 5.92 Å². The Morgan fingerprint density at radius 2 is 2.07 bits per heavy atom. The van der Waals surface area contributed by atoms with Crippen LogP contribution in [-0.2, 0) is 4.79 Å². The van der Waals surface area contributed by atoms with Crippen LogP contribution in [-0.4, -0.2) is 11.1 Å². The summed E-state index contributed by atoms with van der Waals surface area (Å²) in [5, 5.41) is 9.50. The van der Waals surface area contributed by atoms with Crippen molar-refractivity contribution in [1.29, 1.82) is 0 Å². The van der Waals surface area contributed by atoms with Crippen molar-refractivity contribution in [3.63, 3.8) is 0 Å². The lowest BCUT2D eigenvalue weighted by atomic mass is 9.89. The number of carbonyl (C=O) groups is 1. The van der Waals surface area contributed by atoms with E-state index in [0.29, 0.717) is 5.02 Å². The highest BCUT2D eigenvalue weighted by molar-refractivity contribution is 6.30. The fraction of sp³-hybridized carbons (Fsp3) is 0.364. The minimum atomic E-state index is -0.780. The zero-order chi connectivity index (χ0) is 10.7. The molecule has 0 radical (unpaired) electrons. The van der Waals surface area contributed by atoms with E-state index in [1.54, 1.807) is 13.0 Å². The minimum Gasteiger partial charge on any atom is -0.481 e. The van der Waals surface area contributed by atoms with Crippen molar-refractivity contribution < 1.29 is 9.90 Å². The van der Waals surface area contributed by atoms with Crippen LogP contribution < -0.4 is 0 Å². The maximum Gasteiger partial charge on any atom is 0.306 e. The van der Waals surface area contributed by atoms with Crippen molar-refractivity contribution in [2.75, 3.05) is 0 Å². The van der Waals surface area contributed by atoms with E-state index in [9.17, 15) is 4.79 Å². The van der Waals surface area contributed by atoms with Gasteiger partial charge < -0.3 is 5.11 Å². The number of carboxylic acid groups (broad SMARTS) is 1. The van der Waals surface area contributed by atoms with Crippen molar-refractivity contribution in [3.05, 3.63) is 34.9 Å². The maximum absolute atomic E-state index is 10.8. The number of rotatable bonds is 3. The second-order valence-electron chi connectivity index (χ2n) is 3.47. The number of hydrogen-bond donors (Lipinski definition) is 1. The van der Waals surface area contributed by atoms with Gasteiger partial charge in [-0.15, -0.1) is 0 Å². The lowest BCUT2D eigenvalue weighted by molar-refractivity contribution is -0.141. The first-order chi connectivity index (χ1) is 6.52. The molecule has 0 unspecified atom stereocenters. The molecule has 0 amide bonds. The SMILES string of the molecule is C[C@H](c1cccc(Cl)c1)[C@@H](C)C(=O)O. The van der Waals surface area contributed by atoms with Gasteiger partial charge in [0.25, 0.3) is 0 Å². The van der Waals surface area contributed by atoms with Crippen LogP contribution in [0.25, 0.3) is 0 Å². The molecule has 0 aliphatic carbocycles. The minimum absolute atomic E-state index is 0.0220. The fourth-order valence-electron chi connectivity index (χ4n) is 1.29. The van der Waals surface area contributed by atoms with Crippen molar-refractivity contribution in [3.8, 4) is 0 Å². The van der Waals surface area contributed by atoms with Crippen LogP contribution >= 0.6 is 11.6 Å². The molecule has 0 fully saturated rings. The molecule has 76 valence electrons. The van der Waals surface area contributed by atoms with Gasteiger partial charge in [0.05, 0.1) is 5.92 Å². The molecule has 0 saturated heterocycles. The van der Waals surface area contributed by atoms with E-state index in [1.165, 1.54) is 0 Å². The first-order valence-electron chi connectivity index (χ1n) is 4.50. The van der Waals surface area contributed by atoms with E-state index < -0.39 is 11.9 Å². The zero-order valence-corrected chi connectivity index (χ0v) is 8.95. The predicted molar refractivity (Wildman–Crippen MR) is 56.7 cm³/mol. The van der Waals surface area contributed by atoms with E-state index in [-0.39, 0.29) is 5.92 Å². The van der Waals surface area contributed by atoms with E-state index in [0.717, 1.165) is 5.56 Å². The summed E-state index contributed by atoms with van der Waals surface area (Å²) in [6, 6.07) is 7.33. The second-order valence-corrected chi connectivity index (χ2v) is 3.91. The zero-order valence-electron chi connectivity index (χ0n) is 8.20. The molecule has 1 rings (SSSR count). The average molecular weight is 213 g/mol. The summed E-state index contributed by atoms with van der Waals surface area (Å²) in [6.45, 7) is 3.60. The smallest absolute Gasteiger partial charge is 0.306 e. The second kappa shape index (κ2) is 4.47. The summed E-state index contributed by atoms with van der Waals surface area (Å²) in [5.41, 5.74) is 0.965. The molecule has 3 heteroatoms. The van der Waals surface area contributed by atoms with Crippen LogP contribution in [0.5, 0.6) is 0 Å². The van der Waals surface area contributed by atoms with Gasteiger partial charge in [0, 0.05) is 5.02 Å².